The van der Waals surface area contributed by atoms with E-state index in [1.54, 1.807) is 0 Å². The van der Waals surface area contributed by atoms with Gasteiger partial charge in [0.1, 0.15) is 4.88 Å². The van der Waals surface area contributed by atoms with E-state index in [1.807, 2.05) is 0 Å². The number of carbonyl (C=O) groups is 2. The van der Waals surface area contributed by atoms with Crippen LogP contribution in [0.2, 0.25) is 0 Å². The maximum Gasteiger partial charge on any atom is 0.328 e. The second-order valence-corrected chi connectivity index (χ2v) is 4.48. The maximum atomic E-state index is 11.7. The first kappa shape index (κ1) is 13.4. The number of aliphatic hydroxyl groups excluding tert-OH is 1. The van der Waals surface area contributed by atoms with Crippen LogP contribution in [0.15, 0.2) is 4.79 Å². The Labute approximate surface area is 100 Å². The zero-order valence-corrected chi connectivity index (χ0v) is 10.00. The van der Waals surface area contributed by atoms with Gasteiger partial charge in [-0.25, -0.2) is 4.79 Å². The summed E-state index contributed by atoms with van der Waals surface area (Å²) in [6, 6.07) is -1.40. The second kappa shape index (κ2) is 5.11. The summed E-state index contributed by atoms with van der Waals surface area (Å²) >= 11 is 0.690. The normalized spacial score (nSPS) is 14.1. The lowest BCUT2D eigenvalue weighted by molar-refractivity contribution is -0.141. The number of hydrogen-bond donors (Lipinski definition) is 4. The van der Waals surface area contributed by atoms with E-state index in [4.69, 9.17) is 5.11 Å². The Kier molecular flexibility index (Phi) is 4.02. The van der Waals surface area contributed by atoms with Crippen molar-refractivity contribution >= 4 is 23.2 Å². The van der Waals surface area contributed by atoms with Crippen molar-refractivity contribution < 1.29 is 19.8 Å². The molecule has 0 fully saturated rings. The summed E-state index contributed by atoms with van der Waals surface area (Å²) < 4.78 is 0. The van der Waals surface area contributed by atoms with Gasteiger partial charge in [-0.05, 0) is 13.8 Å². The fraction of sp³-hybridized carbons (Fsp3) is 0.444. The highest BCUT2D eigenvalue weighted by Gasteiger charge is 2.26. The van der Waals surface area contributed by atoms with E-state index in [-0.39, 0.29) is 4.88 Å². The fourth-order valence-corrected chi connectivity index (χ4v) is 1.96. The van der Waals surface area contributed by atoms with E-state index in [0.717, 1.165) is 0 Å². The molecule has 0 aliphatic heterocycles. The standard InChI is InChI=1S/C9H12N2O5S/c1-3-6(17-9(16)10-3)7(13)11-5(4(2)12)8(14)15/h4-5,12H,1-2H3,(H,10,16)(H,11,13)(H,14,15). The van der Waals surface area contributed by atoms with Crippen molar-refractivity contribution in [2.24, 2.45) is 0 Å². The number of carboxylic acid groups (broad SMARTS) is 1. The first-order valence-electron chi connectivity index (χ1n) is 4.74. The fourth-order valence-electron chi connectivity index (χ4n) is 1.22. The second-order valence-electron chi connectivity index (χ2n) is 3.50. The Bertz CT molecular complexity index is 490. The van der Waals surface area contributed by atoms with Crippen molar-refractivity contribution in [1.29, 1.82) is 0 Å². The molecule has 1 aromatic rings. The number of aromatic amines is 1. The number of aliphatic hydroxyl groups is 1. The van der Waals surface area contributed by atoms with Crippen LogP contribution < -0.4 is 10.2 Å². The van der Waals surface area contributed by atoms with Gasteiger partial charge in [0, 0.05) is 5.69 Å². The molecule has 0 bridgehead atoms. The number of aryl methyl sites for hydroxylation is 1. The minimum atomic E-state index is -1.40. The summed E-state index contributed by atoms with van der Waals surface area (Å²) in [5.41, 5.74) is 0.368. The van der Waals surface area contributed by atoms with Gasteiger partial charge in [-0.2, -0.15) is 0 Å². The molecule has 8 heteroatoms. The van der Waals surface area contributed by atoms with Crippen LogP contribution in [-0.4, -0.2) is 39.2 Å². The summed E-state index contributed by atoms with van der Waals surface area (Å²) in [6.07, 6.45) is -1.23. The molecule has 1 aromatic heterocycles. The minimum Gasteiger partial charge on any atom is -0.480 e. The van der Waals surface area contributed by atoms with Crippen LogP contribution in [0, 0.1) is 6.92 Å². The lowest BCUT2D eigenvalue weighted by Crippen LogP contribution is -2.47. The Balaban J connectivity index is 2.88. The lowest BCUT2D eigenvalue weighted by Gasteiger charge is -2.16. The number of hydrogen-bond acceptors (Lipinski definition) is 5. The van der Waals surface area contributed by atoms with Crippen molar-refractivity contribution in [2.75, 3.05) is 0 Å². The van der Waals surface area contributed by atoms with Crippen LogP contribution >= 0.6 is 11.3 Å². The highest BCUT2D eigenvalue weighted by atomic mass is 32.1. The van der Waals surface area contributed by atoms with E-state index in [1.165, 1.54) is 13.8 Å². The maximum absolute atomic E-state index is 11.7. The number of thiazole rings is 1. The molecular formula is C9H12N2O5S. The lowest BCUT2D eigenvalue weighted by atomic mass is 10.2. The molecule has 7 nitrogen and oxygen atoms in total. The van der Waals surface area contributed by atoms with Gasteiger partial charge in [-0.15, -0.1) is 0 Å². The molecule has 0 saturated heterocycles. The van der Waals surface area contributed by atoms with Gasteiger partial charge in [-0.1, -0.05) is 11.3 Å². The van der Waals surface area contributed by atoms with E-state index in [2.05, 4.69) is 10.3 Å². The average molecular weight is 260 g/mol. The first-order chi connectivity index (χ1) is 7.82. The monoisotopic (exact) mass is 260 g/mol. The molecule has 2 atom stereocenters. The molecule has 0 radical (unpaired) electrons. The number of H-pyrrole nitrogens is 1. The van der Waals surface area contributed by atoms with E-state index >= 15 is 0 Å². The van der Waals surface area contributed by atoms with Gasteiger partial charge in [0.25, 0.3) is 5.91 Å². The van der Waals surface area contributed by atoms with Crippen LogP contribution in [0.1, 0.15) is 22.3 Å². The van der Waals surface area contributed by atoms with Gasteiger partial charge in [-0.3, -0.25) is 9.59 Å². The number of amides is 1. The van der Waals surface area contributed by atoms with Crippen LogP contribution in [0.5, 0.6) is 0 Å². The molecule has 1 heterocycles. The summed E-state index contributed by atoms with van der Waals surface area (Å²) in [6.45, 7) is 2.79. The van der Waals surface area contributed by atoms with Crippen LogP contribution in [0.25, 0.3) is 0 Å². The number of aromatic nitrogens is 1. The molecule has 0 aliphatic rings. The van der Waals surface area contributed by atoms with Gasteiger partial charge < -0.3 is 20.5 Å². The summed E-state index contributed by atoms with van der Waals surface area (Å²) in [5.74, 6) is -2.03. The van der Waals surface area contributed by atoms with Crippen LogP contribution in [-0.2, 0) is 4.79 Å². The zero-order valence-electron chi connectivity index (χ0n) is 9.18. The Hall–Kier alpha value is -1.67. The van der Waals surface area contributed by atoms with Crippen molar-refractivity contribution in [3.8, 4) is 0 Å². The van der Waals surface area contributed by atoms with Gasteiger partial charge in [0.05, 0.1) is 6.10 Å². The van der Waals surface area contributed by atoms with E-state index in [0.29, 0.717) is 17.0 Å². The molecule has 0 aliphatic carbocycles. The summed E-state index contributed by atoms with van der Waals surface area (Å²) in [5, 5.41) is 20.1. The highest BCUT2D eigenvalue weighted by Crippen LogP contribution is 2.08. The SMILES string of the molecule is Cc1[nH]c(=O)sc1C(=O)NC(C(=O)O)C(C)O. The van der Waals surface area contributed by atoms with E-state index < -0.39 is 28.9 Å². The molecule has 0 saturated carbocycles. The molecule has 4 N–H and O–H groups in total. The van der Waals surface area contributed by atoms with Crippen LogP contribution in [0.3, 0.4) is 0 Å². The molecular weight excluding hydrogens is 248 g/mol. The smallest absolute Gasteiger partial charge is 0.328 e. The number of nitrogens with one attached hydrogen (secondary N) is 2. The molecule has 0 aromatic carbocycles. The summed E-state index contributed by atoms with van der Waals surface area (Å²) in [7, 11) is 0. The summed E-state index contributed by atoms with van der Waals surface area (Å²) in [4.78, 5) is 35.5. The molecule has 2 unspecified atom stereocenters. The van der Waals surface area contributed by atoms with Crippen molar-refractivity contribution in [1.82, 2.24) is 10.3 Å². The Morgan fingerprint density at radius 1 is 1.47 bits per heavy atom. The average Bonchev–Trinajstić information content (AvgIpc) is 2.53. The molecule has 1 amide bonds. The number of carbonyl (C=O) groups excluding carboxylic acids is 1. The third kappa shape index (κ3) is 3.14. The predicted octanol–water partition coefficient (Wildman–Crippen LogP) is -0.691. The Morgan fingerprint density at radius 2 is 2.06 bits per heavy atom. The molecule has 17 heavy (non-hydrogen) atoms. The van der Waals surface area contributed by atoms with Gasteiger partial charge >= 0.3 is 10.8 Å². The first-order valence-corrected chi connectivity index (χ1v) is 5.56. The van der Waals surface area contributed by atoms with Crippen LogP contribution in [0.4, 0.5) is 0 Å². The van der Waals surface area contributed by atoms with Crippen molar-refractivity contribution in [3.63, 3.8) is 0 Å². The number of aliphatic carboxylic acids is 1. The van der Waals surface area contributed by atoms with Crippen molar-refractivity contribution in [2.45, 2.75) is 26.0 Å². The van der Waals surface area contributed by atoms with Gasteiger partial charge in [0.15, 0.2) is 6.04 Å². The molecule has 1 rings (SSSR count). The predicted molar refractivity (Wildman–Crippen MR) is 60.2 cm³/mol. The molecule has 94 valence electrons. The highest BCUT2D eigenvalue weighted by molar-refractivity contribution is 7.11. The third-order valence-electron chi connectivity index (χ3n) is 2.07. The van der Waals surface area contributed by atoms with Gasteiger partial charge in [0.2, 0.25) is 0 Å². The quantitative estimate of drug-likeness (QED) is 0.571. The third-order valence-corrected chi connectivity index (χ3v) is 3.05. The number of carboxylic acids is 1. The topological polar surface area (TPSA) is 119 Å². The minimum absolute atomic E-state index is 0.113. The van der Waals surface area contributed by atoms with Crippen molar-refractivity contribution in [3.05, 3.63) is 20.2 Å². The Morgan fingerprint density at radius 3 is 2.41 bits per heavy atom. The zero-order chi connectivity index (χ0) is 13.2. The number of rotatable bonds is 4. The largest absolute Gasteiger partial charge is 0.480 e. The van der Waals surface area contributed by atoms with E-state index in [9.17, 15) is 19.5 Å². The molecule has 0 spiro atoms.